The minimum absolute atomic E-state index is 0.00536. The first kappa shape index (κ1) is 17.9. The summed E-state index contributed by atoms with van der Waals surface area (Å²) >= 11 is 0. The van der Waals surface area contributed by atoms with Gasteiger partial charge >= 0.3 is 0 Å². The number of benzene rings is 1. The molecule has 0 fully saturated rings. The maximum absolute atomic E-state index is 12.1. The van der Waals surface area contributed by atoms with Crippen LogP contribution in [0.15, 0.2) is 47.5 Å². The largest absolute Gasteiger partial charge is 0.497 e. The lowest BCUT2D eigenvalue weighted by Crippen LogP contribution is -2.28. The van der Waals surface area contributed by atoms with Gasteiger partial charge in [0, 0.05) is 19.2 Å². The van der Waals surface area contributed by atoms with E-state index in [1.807, 2.05) is 13.0 Å². The first-order chi connectivity index (χ1) is 11.4. The molecular weight excluding hydrogens is 330 g/mol. The molecule has 0 aliphatic rings. The molecule has 2 rings (SSSR count). The van der Waals surface area contributed by atoms with Crippen molar-refractivity contribution in [1.82, 2.24) is 9.71 Å². The molecule has 0 radical (unpaired) electrons. The summed E-state index contributed by atoms with van der Waals surface area (Å²) in [5.41, 5.74) is 0.838. The van der Waals surface area contributed by atoms with Crippen LogP contribution >= 0.6 is 0 Å². The maximum Gasteiger partial charge on any atom is 0.240 e. The standard InChI is InChI=1S/C16H19N3O4S/c1-12-4-3-10-17-16(12)19-15(20)9-11-18-24(21,22)14-7-5-13(23-2)6-8-14/h3-8,10,18H,9,11H2,1-2H3,(H,17,19,20). The molecule has 0 aliphatic carbocycles. The first-order valence-electron chi connectivity index (χ1n) is 7.27. The number of nitrogens with one attached hydrogen (secondary N) is 2. The summed E-state index contributed by atoms with van der Waals surface area (Å²) in [6.07, 6.45) is 1.58. The van der Waals surface area contributed by atoms with Gasteiger partial charge in [-0.15, -0.1) is 0 Å². The lowest BCUT2D eigenvalue weighted by atomic mass is 10.3. The summed E-state index contributed by atoms with van der Waals surface area (Å²) < 4.78 is 31.6. The Morgan fingerprint density at radius 3 is 2.54 bits per heavy atom. The van der Waals surface area contributed by atoms with Crippen molar-refractivity contribution in [3.05, 3.63) is 48.2 Å². The summed E-state index contributed by atoms with van der Waals surface area (Å²) in [6, 6.07) is 9.61. The number of aryl methyl sites for hydroxylation is 1. The Bertz CT molecular complexity index is 804. The SMILES string of the molecule is COc1ccc(S(=O)(=O)NCCC(=O)Nc2ncccc2C)cc1. The third-order valence-corrected chi connectivity index (χ3v) is 4.76. The van der Waals surface area contributed by atoms with Crippen molar-refractivity contribution in [3.63, 3.8) is 0 Å². The van der Waals surface area contributed by atoms with Crippen LogP contribution in [0.4, 0.5) is 5.82 Å². The van der Waals surface area contributed by atoms with E-state index in [-0.39, 0.29) is 23.8 Å². The summed E-state index contributed by atoms with van der Waals surface area (Å²) in [4.78, 5) is 16.0. The van der Waals surface area contributed by atoms with Crippen molar-refractivity contribution in [1.29, 1.82) is 0 Å². The van der Waals surface area contributed by atoms with Gasteiger partial charge in [-0.3, -0.25) is 4.79 Å². The van der Waals surface area contributed by atoms with E-state index >= 15 is 0 Å². The van der Waals surface area contributed by atoms with Gasteiger partial charge < -0.3 is 10.1 Å². The number of hydrogen-bond donors (Lipinski definition) is 2. The Labute approximate surface area is 141 Å². The smallest absolute Gasteiger partial charge is 0.240 e. The molecule has 1 aromatic heterocycles. The molecule has 1 heterocycles. The predicted octanol–water partition coefficient (Wildman–Crippen LogP) is 1.71. The van der Waals surface area contributed by atoms with Crippen molar-refractivity contribution in [2.45, 2.75) is 18.2 Å². The van der Waals surface area contributed by atoms with Crippen LogP contribution in [0.2, 0.25) is 0 Å². The molecule has 7 nitrogen and oxygen atoms in total. The Morgan fingerprint density at radius 2 is 1.92 bits per heavy atom. The molecule has 1 amide bonds. The molecule has 8 heteroatoms. The lowest BCUT2D eigenvalue weighted by molar-refractivity contribution is -0.116. The van der Waals surface area contributed by atoms with Crippen LogP contribution in [-0.4, -0.2) is 33.0 Å². The van der Waals surface area contributed by atoms with Gasteiger partial charge in [-0.05, 0) is 42.8 Å². The second-order valence-electron chi connectivity index (χ2n) is 5.04. The van der Waals surface area contributed by atoms with E-state index in [2.05, 4.69) is 15.0 Å². The Balaban J connectivity index is 1.88. The van der Waals surface area contributed by atoms with E-state index in [4.69, 9.17) is 4.74 Å². The predicted molar refractivity (Wildman–Crippen MR) is 90.4 cm³/mol. The van der Waals surface area contributed by atoms with Gasteiger partial charge in [-0.2, -0.15) is 0 Å². The van der Waals surface area contributed by atoms with Gasteiger partial charge in [-0.1, -0.05) is 6.07 Å². The minimum Gasteiger partial charge on any atom is -0.497 e. The third-order valence-electron chi connectivity index (χ3n) is 3.28. The quantitative estimate of drug-likeness (QED) is 0.793. The molecular formula is C16H19N3O4S. The van der Waals surface area contributed by atoms with Gasteiger partial charge in [-0.25, -0.2) is 18.1 Å². The van der Waals surface area contributed by atoms with Crippen LogP contribution in [0.25, 0.3) is 0 Å². The maximum atomic E-state index is 12.1. The number of carbonyl (C=O) groups is 1. The van der Waals surface area contributed by atoms with E-state index in [0.29, 0.717) is 11.6 Å². The van der Waals surface area contributed by atoms with E-state index in [0.717, 1.165) is 5.56 Å². The fourth-order valence-corrected chi connectivity index (χ4v) is 2.98. The third kappa shape index (κ3) is 4.77. The van der Waals surface area contributed by atoms with E-state index in [9.17, 15) is 13.2 Å². The number of hydrogen-bond acceptors (Lipinski definition) is 5. The van der Waals surface area contributed by atoms with Gasteiger partial charge in [0.05, 0.1) is 12.0 Å². The van der Waals surface area contributed by atoms with Crippen molar-refractivity contribution < 1.29 is 17.9 Å². The van der Waals surface area contributed by atoms with E-state index in [1.54, 1.807) is 24.4 Å². The molecule has 0 bridgehead atoms. The number of aromatic nitrogens is 1. The highest BCUT2D eigenvalue weighted by atomic mass is 32.2. The molecule has 0 aliphatic heterocycles. The molecule has 128 valence electrons. The highest BCUT2D eigenvalue weighted by Crippen LogP contribution is 2.15. The van der Waals surface area contributed by atoms with Gasteiger partial charge in [0.1, 0.15) is 11.6 Å². The number of sulfonamides is 1. The topological polar surface area (TPSA) is 97.4 Å². The van der Waals surface area contributed by atoms with Gasteiger partial charge in [0.15, 0.2) is 0 Å². The number of carbonyl (C=O) groups excluding carboxylic acids is 1. The number of ether oxygens (including phenoxy) is 1. The number of amides is 1. The number of methoxy groups -OCH3 is 1. The van der Waals surface area contributed by atoms with Crippen molar-refractivity contribution in [2.75, 3.05) is 19.0 Å². The molecule has 0 saturated heterocycles. The Morgan fingerprint density at radius 1 is 1.21 bits per heavy atom. The van der Waals surface area contributed by atoms with Crippen LogP contribution in [0.5, 0.6) is 5.75 Å². The van der Waals surface area contributed by atoms with E-state index in [1.165, 1.54) is 19.2 Å². The number of pyridine rings is 1. The second kappa shape index (κ2) is 7.89. The van der Waals surface area contributed by atoms with Crippen LogP contribution in [0, 0.1) is 6.92 Å². The molecule has 2 N–H and O–H groups in total. The zero-order valence-electron chi connectivity index (χ0n) is 13.4. The average molecular weight is 349 g/mol. The number of nitrogens with zero attached hydrogens (tertiary/aromatic N) is 1. The summed E-state index contributed by atoms with van der Waals surface area (Å²) in [5, 5.41) is 2.65. The molecule has 0 atom stereocenters. The summed E-state index contributed by atoms with van der Waals surface area (Å²) in [7, 11) is -2.16. The Hall–Kier alpha value is -2.45. The number of anilines is 1. The van der Waals surface area contributed by atoms with Gasteiger partial charge in [0.2, 0.25) is 15.9 Å². The zero-order chi connectivity index (χ0) is 17.6. The number of rotatable bonds is 7. The van der Waals surface area contributed by atoms with Crippen LogP contribution < -0.4 is 14.8 Å². The van der Waals surface area contributed by atoms with Crippen molar-refractivity contribution >= 4 is 21.7 Å². The van der Waals surface area contributed by atoms with Crippen LogP contribution in [0.3, 0.4) is 0 Å². The molecule has 0 unspecified atom stereocenters. The summed E-state index contributed by atoms with van der Waals surface area (Å²) in [5.74, 6) is 0.730. The normalized spacial score (nSPS) is 11.1. The highest BCUT2D eigenvalue weighted by molar-refractivity contribution is 7.89. The van der Waals surface area contributed by atoms with Crippen LogP contribution in [-0.2, 0) is 14.8 Å². The molecule has 24 heavy (non-hydrogen) atoms. The average Bonchev–Trinajstić information content (AvgIpc) is 2.57. The molecule has 0 spiro atoms. The van der Waals surface area contributed by atoms with Crippen molar-refractivity contribution in [2.24, 2.45) is 0 Å². The highest BCUT2D eigenvalue weighted by Gasteiger charge is 2.14. The lowest BCUT2D eigenvalue weighted by Gasteiger charge is -2.09. The Kier molecular flexibility index (Phi) is 5.88. The van der Waals surface area contributed by atoms with Crippen molar-refractivity contribution in [3.8, 4) is 5.75 Å². The van der Waals surface area contributed by atoms with E-state index < -0.39 is 10.0 Å². The van der Waals surface area contributed by atoms with Crippen LogP contribution in [0.1, 0.15) is 12.0 Å². The monoisotopic (exact) mass is 349 g/mol. The fourth-order valence-electron chi connectivity index (χ4n) is 1.95. The second-order valence-corrected chi connectivity index (χ2v) is 6.81. The first-order valence-corrected chi connectivity index (χ1v) is 8.76. The minimum atomic E-state index is -3.66. The fraction of sp³-hybridized carbons (Fsp3) is 0.250. The molecule has 1 aromatic carbocycles. The summed E-state index contributed by atoms with van der Waals surface area (Å²) in [6.45, 7) is 1.82. The van der Waals surface area contributed by atoms with Gasteiger partial charge in [0.25, 0.3) is 0 Å². The zero-order valence-corrected chi connectivity index (χ0v) is 14.3. The molecule has 0 saturated carbocycles. The molecule has 2 aromatic rings.